The zero-order valence-corrected chi connectivity index (χ0v) is 16.6. The van der Waals surface area contributed by atoms with Gasteiger partial charge in [0.1, 0.15) is 0 Å². The summed E-state index contributed by atoms with van der Waals surface area (Å²) in [5, 5.41) is 0. The summed E-state index contributed by atoms with van der Waals surface area (Å²) < 4.78 is 0. The van der Waals surface area contributed by atoms with Gasteiger partial charge in [-0.3, -0.25) is 0 Å². The lowest BCUT2D eigenvalue weighted by Crippen LogP contribution is -2.29. The van der Waals surface area contributed by atoms with Crippen molar-refractivity contribution in [2.75, 3.05) is 0 Å². The molecule has 6 saturated carbocycles. The highest BCUT2D eigenvalue weighted by Gasteiger charge is 2.60. The predicted octanol–water partition coefficient (Wildman–Crippen LogP) is 6.20. The van der Waals surface area contributed by atoms with Gasteiger partial charge in [0.15, 0.2) is 0 Å². The maximum Gasteiger partial charge on any atom is -0.0194 e. The molecule has 6 fully saturated rings. The number of fused-ring (bicyclic) bond motifs is 18. The maximum absolute atomic E-state index is 2.54. The van der Waals surface area contributed by atoms with Gasteiger partial charge in [-0.05, 0) is 121 Å². The van der Waals surface area contributed by atoms with Crippen LogP contribution in [0.3, 0.4) is 0 Å². The molecule has 0 aliphatic heterocycles. The van der Waals surface area contributed by atoms with Gasteiger partial charge in [0.05, 0.1) is 0 Å². The third-order valence-corrected chi connectivity index (χ3v) is 11.2. The van der Waals surface area contributed by atoms with Crippen LogP contribution in [0.15, 0.2) is 24.3 Å². The molecule has 0 aromatic carbocycles. The van der Waals surface area contributed by atoms with Crippen molar-refractivity contribution >= 4 is 0 Å². The van der Waals surface area contributed by atoms with Crippen molar-refractivity contribution in [1.29, 1.82) is 0 Å². The lowest BCUT2D eigenvalue weighted by atomic mass is 9.70. The summed E-state index contributed by atoms with van der Waals surface area (Å²) in [7, 11) is 0. The molecule has 0 N–H and O–H groups in total. The molecule has 140 valence electrons. The zero-order chi connectivity index (χ0) is 17.2. The Morgan fingerprint density at radius 1 is 0.462 bits per heavy atom. The molecule has 0 spiro atoms. The SMILES string of the molecule is CC1CC2CC1C1C3C=CC(C3)C21.CC1CC2CC1C1C3C=CC(C3)C21. The Morgan fingerprint density at radius 2 is 0.846 bits per heavy atom. The molecule has 14 unspecified atom stereocenters. The summed E-state index contributed by atoms with van der Waals surface area (Å²) in [4.78, 5) is 0. The van der Waals surface area contributed by atoms with Gasteiger partial charge in [-0.15, -0.1) is 0 Å². The molecule has 0 aromatic heterocycles. The molecule has 0 heterocycles. The highest BCUT2D eigenvalue weighted by Crippen LogP contribution is 2.67. The Bertz CT molecular complexity index is 614. The first kappa shape index (κ1) is 15.4. The third-order valence-electron chi connectivity index (χ3n) is 11.2. The first-order valence-electron chi connectivity index (χ1n) is 12.1. The van der Waals surface area contributed by atoms with E-state index >= 15 is 0 Å². The van der Waals surface area contributed by atoms with Crippen molar-refractivity contribution in [3.63, 3.8) is 0 Å². The summed E-state index contributed by atoms with van der Waals surface area (Å²) in [6.45, 7) is 4.99. The minimum absolute atomic E-state index is 1.01. The maximum atomic E-state index is 2.54. The molecule has 8 bridgehead atoms. The highest BCUT2D eigenvalue weighted by molar-refractivity contribution is 5.21. The Balaban J connectivity index is 0.0000000985. The molecule has 0 saturated heterocycles. The lowest BCUT2D eigenvalue weighted by molar-refractivity contribution is 0.160. The van der Waals surface area contributed by atoms with E-state index in [9.17, 15) is 0 Å². The van der Waals surface area contributed by atoms with E-state index in [0.717, 1.165) is 82.9 Å². The second-order valence-corrected chi connectivity index (χ2v) is 12.0. The second kappa shape index (κ2) is 5.09. The van der Waals surface area contributed by atoms with Crippen LogP contribution in [-0.2, 0) is 0 Å². The number of hydrogen-bond acceptors (Lipinski definition) is 0. The topological polar surface area (TPSA) is 0 Å². The molecular weight excluding hydrogens is 312 g/mol. The second-order valence-electron chi connectivity index (χ2n) is 12.0. The van der Waals surface area contributed by atoms with Gasteiger partial charge in [0.2, 0.25) is 0 Å². The average Bonchev–Trinajstić information content (AvgIpc) is 3.45. The lowest BCUT2D eigenvalue weighted by Gasteiger charge is -2.35. The van der Waals surface area contributed by atoms with E-state index in [1.54, 1.807) is 25.7 Å². The smallest absolute Gasteiger partial charge is 0.0194 e. The van der Waals surface area contributed by atoms with E-state index in [-0.39, 0.29) is 0 Å². The zero-order valence-electron chi connectivity index (χ0n) is 16.6. The molecule has 0 heteroatoms. The minimum Gasteiger partial charge on any atom is -0.0848 e. The van der Waals surface area contributed by atoms with Crippen molar-refractivity contribution in [3.8, 4) is 0 Å². The van der Waals surface area contributed by atoms with Crippen molar-refractivity contribution in [1.82, 2.24) is 0 Å². The van der Waals surface area contributed by atoms with Gasteiger partial charge in [-0.25, -0.2) is 0 Å². The van der Waals surface area contributed by atoms with Crippen LogP contribution in [0.1, 0.15) is 52.4 Å². The molecule has 0 amide bonds. The van der Waals surface area contributed by atoms with Crippen molar-refractivity contribution in [2.24, 2.45) is 82.9 Å². The molecule has 8 aliphatic rings. The number of allylic oxidation sites excluding steroid dienone is 4. The molecule has 8 rings (SSSR count). The molecule has 8 aliphatic carbocycles. The fourth-order valence-corrected chi connectivity index (χ4v) is 10.7. The van der Waals surface area contributed by atoms with Gasteiger partial charge >= 0.3 is 0 Å². The Morgan fingerprint density at radius 3 is 1.27 bits per heavy atom. The van der Waals surface area contributed by atoms with Crippen LogP contribution in [0, 0.1) is 82.9 Å². The normalized spacial score (nSPS) is 66.4. The largest absolute Gasteiger partial charge is 0.0848 e. The molecule has 26 heavy (non-hydrogen) atoms. The first-order chi connectivity index (χ1) is 12.7. The average molecular weight is 349 g/mol. The van der Waals surface area contributed by atoms with E-state index in [0.29, 0.717) is 0 Å². The molecule has 0 aromatic rings. The van der Waals surface area contributed by atoms with Crippen LogP contribution >= 0.6 is 0 Å². The van der Waals surface area contributed by atoms with E-state index in [1.807, 2.05) is 0 Å². The fraction of sp³-hybridized carbons (Fsp3) is 0.846. The monoisotopic (exact) mass is 348 g/mol. The van der Waals surface area contributed by atoms with E-state index < -0.39 is 0 Å². The summed E-state index contributed by atoms with van der Waals surface area (Å²) in [5.41, 5.74) is 0. The summed E-state index contributed by atoms with van der Waals surface area (Å²) in [6.07, 6.45) is 19.5. The molecule has 14 atom stereocenters. The molecular formula is C26H36. The molecule has 0 radical (unpaired) electrons. The van der Waals surface area contributed by atoms with E-state index in [2.05, 4.69) is 38.2 Å². The van der Waals surface area contributed by atoms with Crippen molar-refractivity contribution in [3.05, 3.63) is 24.3 Å². The summed E-state index contributed by atoms with van der Waals surface area (Å²) in [6, 6.07) is 0. The van der Waals surface area contributed by atoms with Crippen LogP contribution in [0.5, 0.6) is 0 Å². The fourth-order valence-electron chi connectivity index (χ4n) is 10.7. The third kappa shape index (κ3) is 1.79. The van der Waals surface area contributed by atoms with Gasteiger partial charge in [0.25, 0.3) is 0 Å². The van der Waals surface area contributed by atoms with Gasteiger partial charge in [-0.2, -0.15) is 0 Å². The molecule has 0 nitrogen and oxygen atoms in total. The van der Waals surface area contributed by atoms with Gasteiger partial charge in [0, 0.05) is 0 Å². The quantitative estimate of drug-likeness (QED) is 0.361. The van der Waals surface area contributed by atoms with Crippen molar-refractivity contribution in [2.45, 2.75) is 52.4 Å². The van der Waals surface area contributed by atoms with Crippen LogP contribution in [0.4, 0.5) is 0 Å². The van der Waals surface area contributed by atoms with Gasteiger partial charge < -0.3 is 0 Å². The predicted molar refractivity (Wildman–Crippen MR) is 106 cm³/mol. The standard InChI is InChI=1S/2C13H18/c2*1-7-4-10-6-11(7)13-9-3-2-8(5-9)12(10)13/h2*2-3,7-13H,4-6H2,1H3. The summed E-state index contributed by atoms with van der Waals surface area (Å²) >= 11 is 0. The Labute approximate surface area is 159 Å². The van der Waals surface area contributed by atoms with Gasteiger partial charge in [-0.1, -0.05) is 38.2 Å². The number of rotatable bonds is 0. The Kier molecular flexibility index (Phi) is 3.02. The van der Waals surface area contributed by atoms with E-state index in [1.165, 1.54) is 12.8 Å². The Hall–Kier alpha value is -0.520. The highest BCUT2D eigenvalue weighted by atomic mass is 14.7. The summed E-state index contributed by atoms with van der Waals surface area (Å²) in [5.74, 6) is 15.2. The van der Waals surface area contributed by atoms with Crippen LogP contribution in [-0.4, -0.2) is 0 Å². The first-order valence-corrected chi connectivity index (χ1v) is 12.1. The van der Waals surface area contributed by atoms with Crippen LogP contribution < -0.4 is 0 Å². The van der Waals surface area contributed by atoms with Crippen LogP contribution in [0.2, 0.25) is 0 Å². The number of hydrogen-bond donors (Lipinski definition) is 0. The van der Waals surface area contributed by atoms with E-state index in [4.69, 9.17) is 0 Å². The van der Waals surface area contributed by atoms with Crippen molar-refractivity contribution < 1.29 is 0 Å². The van der Waals surface area contributed by atoms with Crippen LogP contribution in [0.25, 0.3) is 0 Å². The minimum atomic E-state index is 1.01.